The average Bonchev–Trinajstić information content (AvgIpc) is 2.37. The molecule has 2 atom stereocenters. The molecule has 1 fully saturated rings. The van der Waals surface area contributed by atoms with Gasteiger partial charge < -0.3 is 10.1 Å². The van der Waals surface area contributed by atoms with Gasteiger partial charge in [-0.15, -0.1) is 0 Å². The molecule has 21 heavy (non-hydrogen) atoms. The summed E-state index contributed by atoms with van der Waals surface area (Å²) in [6.45, 7) is 6.90. The Hall–Kier alpha value is -1.78. The van der Waals surface area contributed by atoms with Crippen LogP contribution in [-0.2, 0) is 0 Å². The van der Waals surface area contributed by atoms with E-state index in [1.165, 1.54) is 12.5 Å². The first-order valence-electron chi connectivity index (χ1n) is 7.66. The van der Waals surface area contributed by atoms with Gasteiger partial charge in [0.15, 0.2) is 0 Å². The van der Waals surface area contributed by atoms with Gasteiger partial charge >= 0.3 is 0 Å². The monoisotopic (exact) mass is 292 g/mol. The van der Waals surface area contributed by atoms with E-state index in [1.807, 2.05) is 13.0 Å². The molecule has 0 bridgehead atoms. The standard InChI is InChI=1S/C16H24N2O3/c1-4-21-16-9-14(8-15(10-16)18(19)20)17-13-6-11(2)5-12(3)7-13/h8-13,17H,4-7H2,1-3H3. The van der Waals surface area contributed by atoms with Crippen molar-refractivity contribution in [3.63, 3.8) is 0 Å². The quantitative estimate of drug-likeness (QED) is 0.651. The molecule has 1 aliphatic carbocycles. The van der Waals surface area contributed by atoms with Crippen LogP contribution in [0.4, 0.5) is 11.4 Å². The maximum Gasteiger partial charge on any atom is 0.275 e. The number of nitrogens with zero attached hydrogens (tertiary/aromatic N) is 1. The number of rotatable bonds is 5. The highest BCUT2D eigenvalue weighted by molar-refractivity contribution is 5.56. The van der Waals surface area contributed by atoms with E-state index in [4.69, 9.17) is 4.74 Å². The lowest BCUT2D eigenvalue weighted by Gasteiger charge is -2.32. The van der Waals surface area contributed by atoms with Crippen LogP contribution in [0, 0.1) is 22.0 Å². The molecule has 1 aromatic rings. The van der Waals surface area contributed by atoms with E-state index in [9.17, 15) is 10.1 Å². The van der Waals surface area contributed by atoms with E-state index in [-0.39, 0.29) is 10.6 Å². The molecule has 1 N–H and O–H groups in total. The largest absolute Gasteiger partial charge is 0.494 e. The molecule has 1 aromatic carbocycles. The van der Waals surface area contributed by atoms with Crippen molar-refractivity contribution in [1.29, 1.82) is 0 Å². The Bertz CT molecular complexity index is 494. The van der Waals surface area contributed by atoms with E-state index in [2.05, 4.69) is 19.2 Å². The SMILES string of the molecule is CCOc1cc(NC2CC(C)CC(C)C2)cc([N+](=O)[O-])c1. The minimum atomic E-state index is -0.375. The van der Waals surface area contributed by atoms with Crippen molar-refractivity contribution >= 4 is 11.4 Å². The van der Waals surface area contributed by atoms with E-state index in [0.29, 0.717) is 30.2 Å². The van der Waals surface area contributed by atoms with Gasteiger partial charge in [-0.1, -0.05) is 13.8 Å². The van der Waals surface area contributed by atoms with Crippen LogP contribution in [-0.4, -0.2) is 17.6 Å². The lowest BCUT2D eigenvalue weighted by atomic mass is 9.80. The van der Waals surface area contributed by atoms with Gasteiger partial charge in [-0.3, -0.25) is 10.1 Å². The van der Waals surface area contributed by atoms with Gasteiger partial charge in [-0.2, -0.15) is 0 Å². The Labute approximate surface area is 125 Å². The maximum absolute atomic E-state index is 11.0. The van der Waals surface area contributed by atoms with Gasteiger partial charge in [0.25, 0.3) is 5.69 Å². The van der Waals surface area contributed by atoms with Gasteiger partial charge in [-0.05, 0) is 38.0 Å². The van der Waals surface area contributed by atoms with Gasteiger partial charge in [0.1, 0.15) is 5.75 Å². The third-order valence-electron chi connectivity index (χ3n) is 3.96. The predicted molar refractivity (Wildman–Crippen MR) is 83.9 cm³/mol. The zero-order chi connectivity index (χ0) is 15.4. The second kappa shape index (κ2) is 6.78. The van der Waals surface area contributed by atoms with E-state index < -0.39 is 0 Å². The highest BCUT2D eigenvalue weighted by Gasteiger charge is 2.24. The van der Waals surface area contributed by atoms with Crippen molar-refractivity contribution in [3.8, 4) is 5.75 Å². The van der Waals surface area contributed by atoms with Gasteiger partial charge in [0.05, 0.1) is 17.6 Å². The van der Waals surface area contributed by atoms with Crippen molar-refractivity contribution in [2.45, 2.75) is 46.1 Å². The molecular weight excluding hydrogens is 268 g/mol. The van der Waals surface area contributed by atoms with E-state index >= 15 is 0 Å². The molecule has 1 aliphatic rings. The van der Waals surface area contributed by atoms with Crippen LogP contribution >= 0.6 is 0 Å². The zero-order valence-corrected chi connectivity index (χ0v) is 13.0. The summed E-state index contributed by atoms with van der Waals surface area (Å²) in [5, 5.41) is 14.5. The molecule has 0 radical (unpaired) electrons. The van der Waals surface area contributed by atoms with Crippen molar-refractivity contribution < 1.29 is 9.66 Å². The molecule has 2 rings (SSSR count). The van der Waals surface area contributed by atoms with Crippen LogP contribution in [0.2, 0.25) is 0 Å². The molecule has 1 saturated carbocycles. The smallest absolute Gasteiger partial charge is 0.275 e. The van der Waals surface area contributed by atoms with Crippen molar-refractivity contribution in [1.82, 2.24) is 0 Å². The van der Waals surface area contributed by atoms with Crippen molar-refractivity contribution in [3.05, 3.63) is 28.3 Å². The van der Waals surface area contributed by atoms with Crippen LogP contribution in [0.1, 0.15) is 40.0 Å². The summed E-state index contributed by atoms with van der Waals surface area (Å²) in [7, 11) is 0. The first-order valence-corrected chi connectivity index (χ1v) is 7.66. The number of nitro benzene ring substituents is 1. The number of benzene rings is 1. The number of ether oxygens (including phenoxy) is 1. The maximum atomic E-state index is 11.0. The van der Waals surface area contributed by atoms with Crippen molar-refractivity contribution in [2.75, 3.05) is 11.9 Å². The fourth-order valence-corrected chi connectivity index (χ4v) is 3.32. The highest BCUT2D eigenvalue weighted by atomic mass is 16.6. The normalized spacial score (nSPS) is 25.4. The van der Waals surface area contributed by atoms with E-state index in [1.54, 1.807) is 6.07 Å². The lowest BCUT2D eigenvalue weighted by Crippen LogP contribution is -2.30. The molecule has 0 spiro atoms. The third kappa shape index (κ3) is 4.34. The Kier molecular flexibility index (Phi) is 5.04. The number of nitro groups is 1. The highest BCUT2D eigenvalue weighted by Crippen LogP contribution is 2.32. The molecule has 0 amide bonds. The Balaban J connectivity index is 2.16. The van der Waals surface area contributed by atoms with Crippen LogP contribution in [0.5, 0.6) is 5.75 Å². The average molecular weight is 292 g/mol. The summed E-state index contributed by atoms with van der Waals surface area (Å²) in [5.41, 5.74) is 0.847. The third-order valence-corrected chi connectivity index (χ3v) is 3.96. The van der Waals surface area contributed by atoms with Gasteiger partial charge in [0, 0.05) is 23.9 Å². The lowest BCUT2D eigenvalue weighted by molar-refractivity contribution is -0.384. The molecule has 0 heterocycles. The Morgan fingerprint density at radius 3 is 2.48 bits per heavy atom. The van der Waals surface area contributed by atoms with Gasteiger partial charge in [-0.25, -0.2) is 0 Å². The zero-order valence-electron chi connectivity index (χ0n) is 13.0. The number of hydrogen-bond donors (Lipinski definition) is 1. The van der Waals surface area contributed by atoms with Crippen LogP contribution in [0.15, 0.2) is 18.2 Å². The summed E-state index contributed by atoms with van der Waals surface area (Å²) in [5.74, 6) is 1.93. The fourth-order valence-electron chi connectivity index (χ4n) is 3.32. The molecule has 5 nitrogen and oxygen atoms in total. The summed E-state index contributed by atoms with van der Waals surface area (Å²) in [4.78, 5) is 10.7. The summed E-state index contributed by atoms with van der Waals surface area (Å²) in [6, 6.07) is 5.29. The predicted octanol–water partition coefficient (Wildman–Crippen LogP) is 4.23. The minimum Gasteiger partial charge on any atom is -0.494 e. The minimum absolute atomic E-state index is 0.0698. The number of anilines is 1. The summed E-state index contributed by atoms with van der Waals surface area (Å²) in [6.07, 6.45) is 3.48. The molecule has 0 saturated heterocycles. The fraction of sp³-hybridized carbons (Fsp3) is 0.625. The van der Waals surface area contributed by atoms with Crippen LogP contribution in [0.25, 0.3) is 0 Å². The van der Waals surface area contributed by atoms with E-state index in [0.717, 1.165) is 18.5 Å². The van der Waals surface area contributed by atoms with Crippen LogP contribution < -0.4 is 10.1 Å². The van der Waals surface area contributed by atoms with Gasteiger partial charge in [0.2, 0.25) is 0 Å². The van der Waals surface area contributed by atoms with Crippen molar-refractivity contribution in [2.24, 2.45) is 11.8 Å². The first kappa shape index (κ1) is 15.6. The van der Waals surface area contributed by atoms with Crippen LogP contribution in [0.3, 0.4) is 0 Å². The molecule has 2 unspecified atom stereocenters. The first-order chi connectivity index (χ1) is 9.97. The molecule has 116 valence electrons. The Morgan fingerprint density at radius 2 is 1.90 bits per heavy atom. The topological polar surface area (TPSA) is 64.4 Å². The summed E-state index contributed by atoms with van der Waals surface area (Å²) < 4.78 is 5.42. The second-order valence-corrected chi connectivity index (χ2v) is 6.16. The molecule has 5 heteroatoms. The second-order valence-electron chi connectivity index (χ2n) is 6.16. The molecule has 0 aromatic heterocycles. The number of hydrogen-bond acceptors (Lipinski definition) is 4. The number of nitrogens with one attached hydrogen (secondary N) is 1. The molecular formula is C16H24N2O3. The summed E-state index contributed by atoms with van der Waals surface area (Å²) >= 11 is 0. The Morgan fingerprint density at radius 1 is 1.24 bits per heavy atom. The molecule has 0 aliphatic heterocycles. The number of non-ortho nitro benzene ring substituents is 1.